The lowest BCUT2D eigenvalue weighted by molar-refractivity contribution is -0.152. The number of hydrogen-bond acceptors (Lipinski definition) is 8. The molecule has 0 heterocycles. The van der Waals surface area contributed by atoms with Gasteiger partial charge < -0.3 is 29.9 Å². The molecule has 8 heteroatoms. The summed E-state index contributed by atoms with van der Waals surface area (Å²) in [6, 6.07) is 0. The molecule has 0 spiro atoms. The van der Waals surface area contributed by atoms with Gasteiger partial charge in [0.1, 0.15) is 12.2 Å². The lowest BCUT2D eigenvalue weighted by atomic mass is 9.59. The molecule has 8 saturated carbocycles. The highest BCUT2D eigenvalue weighted by atomic mass is 16.6. The Morgan fingerprint density at radius 2 is 1.10 bits per heavy atom. The summed E-state index contributed by atoms with van der Waals surface area (Å²) >= 11 is 0. The minimum Gasteiger partial charge on any atom is -0.462 e. The number of aliphatic hydroxyl groups is 4. The van der Waals surface area contributed by atoms with Crippen LogP contribution in [-0.2, 0) is 19.1 Å². The highest BCUT2D eigenvalue weighted by molar-refractivity contribution is 5.67. The Labute approximate surface area is 411 Å². The summed E-state index contributed by atoms with van der Waals surface area (Å²) in [7, 11) is 0. The Kier molecular flexibility index (Phi) is 16.2. The van der Waals surface area contributed by atoms with Crippen LogP contribution < -0.4 is 0 Å². The van der Waals surface area contributed by atoms with Crippen LogP contribution in [0.25, 0.3) is 0 Å². The molecule has 0 aromatic heterocycles. The lowest BCUT2D eigenvalue weighted by Gasteiger charge is -2.45. The molecule has 8 aliphatic carbocycles. The second-order valence-electron chi connectivity index (χ2n) is 25.4. The molecule has 10 atom stereocenters. The molecule has 68 heavy (non-hydrogen) atoms. The van der Waals surface area contributed by atoms with Gasteiger partial charge in [0.25, 0.3) is 0 Å². The van der Waals surface area contributed by atoms with E-state index in [1.807, 2.05) is 27.7 Å². The van der Waals surface area contributed by atoms with Crippen molar-refractivity contribution in [3.05, 3.63) is 70.9 Å². The average molecular weight is 941 g/mol. The second kappa shape index (κ2) is 20.7. The lowest BCUT2D eigenvalue weighted by Crippen LogP contribution is -2.37. The third-order valence-corrected chi connectivity index (χ3v) is 19.2. The number of allylic oxidation sites excluding steroid dienone is 6. The molecular formula is C60H92O8. The first-order valence-corrected chi connectivity index (χ1v) is 27.2. The van der Waals surface area contributed by atoms with E-state index in [0.29, 0.717) is 59.2 Å². The number of ether oxygens (including phenoxy) is 2. The van der Waals surface area contributed by atoms with E-state index in [4.69, 9.17) is 9.47 Å². The maximum atomic E-state index is 11.7. The van der Waals surface area contributed by atoms with E-state index in [1.165, 1.54) is 110 Å². The Bertz CT molecular complexity index is 2000. The van der Waals surface area contributed by atoms with Crippen molar-refractivity contribution in [3.8, 4) is 0 Å². The van der Waals surface area contributed by atoms with E-state index in [0.717, 1.165) is 66.2 Å². The van der Waals surface area contributed by atoms with Crippen molar-refractivity contribution in [1.82, 2.24) is 0 Å². The highest BCUT2D eigenvalue weighted by Crippen LogP contribution is 2.71. The third-order valence-electron chi connectivity index (χ3n) is 19.2. The van der Waals surface area contributed by atoms with Gasteiger partial charge in [0.05, 0.1) is 23.4 Å². The monoisotopic (exact) mass is 941 g/mol. The number of aliphatic hydroxyl groups excluding tert-OH is 2. The van der Waals surface area contributed by atoms with Crippen LogP contribution in [0.2, 0.25) is 0 Å². The van der Waals surface area contributed by atoms with Gasteiger partial charge in [-0.25, -0.2) is 0 Å². The molecule has 0 aliphatic heterocycles. The zero-order chi connectivity index (χ0) is 49.5. The van der Waals surface area contributed by atoms with Crippen LogP contribution >= 0.6 is 0 Å². The predicted octanol–water partition coefficient (Wildman–Crippen LogP) is 12.8. The molecule has 8 aliphatic rings. The van der Waals surface area contributed by atoms with Crippen LogP contribution in [0.1, 0.15) is 209 Å². The van der Waals surface area contributed by atoms with E-state index < -0.39 is 29.5 Å². The molecule has 0 bridgehead atoms. The number of rotatable bonds is 14. The Hall–Kier alpha value is -2.78. The average Bonchev–Trinajstić information content (AvgIpc) is 4.12. The first-order chi connectivity index (χ1) is 31.9. The highest BCUT2D eigenvalue weighted by Gasteiger charge is 2.62. The van der Waals surface area contributed by atoms with Crippen LogP contribution in [-0.4, -0.2) is 68.0 Å². The molecule has 8 rings (SSSR count). The summed E-state index contributed by atoms with van der Waals surface area (Å²) in [4.78, 5) is 23.3. The number of hydrogen-bond donors (Lipinski definition) is 4. The van der Waals surface area contributed by atoms with E-state index in [2.05, 4.69) is 51.3 Å². The van der Waals surface area contributed by atoms with Gasteiger partial charge in [0.2, 0.25) is 0 Å². The molecule has 0 radical (unpaired) electrons. The number of carbonyl (C=O) groups excluding carboxylic acids is 2. The summed E-state index contributed by atoms with van der Waals surface area (Å²) in [5.74, 6) is 2.21. The van der Waals surface area contributed by atoms with Crippen molar-refractivity contribution in [2.45, 2.75) is 245 Å². The van der Waals surface area contributed by atoms with Crippen LogP contribution in [0.15, 0.2) is 70.9 Å². The van der Waals surface area contributed by atoms with Crippen molar-refractivity contribution in [1.29, 1.82) is 0 Å². The van der Waals surface area contributed by atoms with Crippen LogP contribution in [0.5, 0.6) is 0 Å². The Morgan fingerprint density at radius 3 is 1.53 bits per heavy atom. The molecule has 4 N–H and O–H groups in total. The normalized spacial score (nSPS) is 37.6. The quantitative estimate of drug-likeness (QED) is 0.127. The first-order valence-electron chi connectivity index (χ1n) is 27.2. The summed E-state index contributed by atoms with van der Waals surface area (Å²) in [5, 5.41) is 40.6. The van der Waals surface area contributed by atoms with Gasteiger partial charge in [-0.3, -0.25) is 9.59 Å². The zero-order valence-electron chi connectivity index (χ0n) is 43.7. The summed E-state index contributed by atoms with van der Waals surface area (Å²) in [5.41, 5.74) is 7.42. The number of carbonyl (C=O) groups is 2. The molecule has 380 valence electrons. The minimum atomic E-state index is -0.612. The number of esters is 2. The fourth-order valence-corrected chi connectivity index (χ4v) is 15.6. The fraction of sp³-hybridized carbons (Fsp3) is 0.767. The standard InChI is InChI=1S/C32H48O5.C28H44O3/c1-21-25(19-26(36-22(2)33)20-28(21)37-23(3)34)11-10-24-9-7-15-31(6)27(24)12-13-29(31)32(17-18-32)16-8-14-30(4,5)35;1-19-21(17-22(29)18-24(19)30)9-8-20-7-5-13-27(4)23(20)10-11-25(27)28(15-16-28)14-6-12-26(2,3)31/h10-11,26-29,35H,1,7-9,12-20H2,2-6H3;8-9,22-25,29-31H,1,5-7,10-18H2,2-4H3/b24-10+,25-11-;20-8+,21-9-/t26?,27?,28-,29?,31-;22?,23?,24-,25?,27-/m00/s1. The largest absolute Gasteiger partial charge is 0.462 e. The van der Waals surface area contributed by atoms with E-state index in [-0.39, 0.29) is 18.0 Å². The van der Waals surface area contributed by atoms with Gasteiger partial charge in [-0.05, 0) is 217 Å². The van der Waals surface area contributed by atoms with E-state index in [1.54, 1.807) is 11.1 Å². The Balaban J connectivity index is 0.000000204. The van der Waals surface area contributed by atoms with Crippen molar-refractivity contribution < 1.29 is 39.5 Å². The van der Waals surface area contributed by atoms with Gasteiger partial charge in [-0.1, -0.05) is 75.3 Å². The van der Waals surface area contributed by atoms with Gasteiger partial charge in [-0.15, -0.1) is 0 Å². The van der Waals surface area contributed by atoms with Crippen molar-refractivity contribution in [2.75, 3.05) is 0 Å². The molecule has 0 saturated heterocycles. The molecule has 0 amide bonds. The second-order valence-corrected chi connectivity index (χ2v) is 25.4. The van der Waals surface area contributed by atoms with Gasteiger partial charge >= 0.3 is 11.9 Å². The van der Waals surface area contributed by atoms with Gasteiger partial charge in [0.15, 0.2) is 0 Å². The van der Waals surface area contributed by atoms with E-state index in [9.17, 15) is 30.0 Å². The molecule has 0 aromatic rings. The summed E-state index contributed by atoms with van der Waals surface area (Å²) in [6.07, 6.45) is 33.9. The summed E-state index contributed by atoms with van der Waals surface area (Å²) < 4.78 is 11.0. The van der Waals surface area contributed by atoms with Crippen LogP contribution in [0, 0.1) is 45.3 Å². The van der Waals surface area contributed by atoms with E-state index >= 15 is 0 Å². The Morgan fingerprint density at radius 1 is 0.647 bits per heavy atom. The van der Waals surface area contributed by atoms with Crippen LogP contribution in [0.4, 0.5) is 0 Å². The fourth-order valence-electron chi connectivity index (χ4n) is 15.6. The summed E-state index contributed by atoms with van der Waals surface area (Å²) in [6.45, 7) is 24.0. The predicted molar refractivity (Wildman–Crippen MR) is 272 cm³/mol. The zero-order valence-corrected chi connectivity index (χ0v) is 43.7. The third kappa shape index (κ3) is 12.3. The number of fused-ring (bicyclic) bond motifs is 2. The van der Waals surface area contributed by atoms with Crippen molar-refractivity contribution in [3.63, 3.8) is 0 Å². The molecule has 8 nitrogen and oxygen atoms in total. The van der Waals surface area contributed by atoms with Gasteiger partial charge in [-0.2, -0.15) is 0 Å². The minimum absolute atomic E-state index is 0.303. The van der Waals surface area contributed by atoms with Gasteiger partial charge in [0, 0.05) is 33.1 Å². The maximum absolute atomic E-state index is 11.7. The molecule has 8 fully saturated rings. The first kappa shape index (κ1) is 53.0. The molecular weight excluding hydrogens is 849 g/mol. The topological polar surface area (TPSA) is 134 Å². The van der Waals surface area contributed by atoms with Crippen molar-refractivity contribution >= 4 is 11.9 Å². The smallest absolute Gasteiger partial charge is 0.303 e. The molecule has 0 aromatic carbocycles. The van der Waals surface area contributed by atoms with Crippen molar-refractivity contribution in [2.24, 2.45) is 45.3 Å². The molecule has 6 unspecified atom stereocenters. The van der Waals surface area contributed by atoms with Crippen LogP contribution in [0.3, 0.4) is 0 Å². The maximum Gasteiger partial charge on any atom is 0.303 e. The SMILES string of the molecule is C=C1/C(=C\C=C2/CCC[C@@]3(C)C2CCC3C2(CCCC(C)(C)O)CC2)CC(O)C[C@@H]1O.C=C1/C(=C\C=C2/CCC[C@@]3(C)C2CCC3C2(CCCC(C)(C)O)CC2)CC(OC(C)=O)C[C@@H]1OC(C)=O.